The van der Waals surface area contributed by atoms with Crippen molar-refractivity contribution in [3.05, 3.63) is 29.3 Å². The van der Waals surface area contributed by atoms with Crippen LogP contribution in [0.4, 0.5) is 0 Å². The first-order chi connectivity index (χ1) is 9.43. The van der Waals surface area contributed by atoms with Crippen molar-refractivity contribution in [2.75, 3.05) is 25.4 Å². The first-order valence-corrected chi connectivity index (χ1v) is 8.10. The highest BCUT2D eigenvalue weighted by Crippen LogP contribution is 2.30. The number of amides is 1. The van der Waals surface area contributed by atoms with Crippen molar-refractivity contribution < 1.29 is 4.79 Å². The lowest BCUT2D eigenvalue weighted by Gasteiger charge is -2.22. The number of carbonyl (C=O) groups is 1. The molecule has 0 aliphatic carbocycles. The van der Waals surface area contributed by atoms with Crippen LogP contribution in [0.2, 0.25) is 0 Å². The Balaban J connectivity index is 1.91. The van der Waals surface area contributed by atoms with Crippen LogP contribution in [0, 0.1) is 19.3 Å². The molecule has 1 fully saturated rings. The maximum absolute atomic E-state index is 12.3. The number of hydrogen-bond donors (Lipinski definition) is 1. The van der Waals surface area contributed by atoms with Crippen LogP contribution in [0.25, 0.3) is 0 Å². The van der Waals surface area contributed by atoms with Gasteiger partial charge in [-0.25, -0.2) is 0 Å². The van der Waals surface area contributed by atoms with E-state index in [4.69, 9.17) is 5.73 Å². The van der Waals surface area contributed by atoms with Gasteiger partial charge in [-0.3, -0.25) is 4.79 Å². The van der Waals surface area contributed by atoms with Crippen LogP contribution in [0.1, 0.15) is 24.5 Å². The maximum Gasteiger partial charge on any atom is 0.232 e. The Kier molecular flexibility index (Phi) is 4.76. The molecule has 1 aliphatic heterocycles. The summed E-state index contributed by atoms with van der Waals surface area (Å²) in [5, 5.41) is 0. The van der Waals surface area contributed by atoms with Crippen molar-refractivity contribution in [3.63, 3.8) is 0 Å². The van der Waals surface area contributed by atoms with E-state index in [2.05, 4.69) is 39.0 Å². The summed E-state index contributed by atoms with van der Waals surface area (Å²) in [6, 6.07) is 6.37. The quantitative estimate of drug-likeness (QED) is 0.868. The fourth-order valence-electron chi connectivity index (χ4n) is 2.50. The zero-order valence-electron chi connectivity index (χ0n) is 12.6. The van der Waals surface area contributed by atoms with Gasteiger partial charge in [-0.1, -0.05) is 24.6 Å². The van der Waals surface area contributed by atoms with Gasteiger partial charge < -0.3 is 10.6 Å². The molecule has 2 N–H and O–H groups in total. The minimum atomic E-state index is 0.111. The number of nitrogens with two attached hydrogens (primary N) is 1. The molecule has 3 nitrogen and oxygen atoms in total. The summed E-state index contributed by atoms with van der Waals surface area (Å²) in [5.41, 5.74) is 8.38. The zero-order valence-corrected chi connectivity index (χ0v) is 13.4. The van der Waals surface area contributed by atoms with Crippen molar-refractivity contribution in [3.8, 4) is 0 Å². The maximum atomic E-state index is 12.3. The molecule has 20 heavy (non-hydrogen) atoms. The molecular formula is C16H24N2OS. The van der Waals surface area contributed by atoms with Crippen molar-refractivity contribution in [1.82, 2.24) is 4.90 Å². The van der Waals surface area contributed by atoms with Gasteiger partial charge in [0.1, 0.15) is 0 Å². The van der Waals surface area contributed by atoms with E-state index in [0.717, 1.165) is 19.5 Å². The SMILES string of the molecule is Cc1ccc(C)c(SCC(=O)N2CCC(C)(CN)C2)c1. The average Bonchev–Trinajstić information content (AvgIpc) is 2.83. The highest BCUT2D eigenvalue weighted by molar-refractivity contribution is 8.00. The topological polar surface area (TPSA) is 46.3 Å². The number of carbonyl (C=O) groups excluding carboxylic acids is 1. The third kappa shape index (κ3) is 3.55. The van der Waals surface area contributed by atoms with Crippen LogP contribution in [0.3, 0.4) is 0 Å². The molecule has 1 aromatic carbocycles. The van der Waals surface area contributed by atoms with Gasteiger partial charge in [0, 0.05) is 18.0 Å². The summed E-state index contributed by atoms with van der Waals surface area (Å²) in [4.78, 5) is 15.5. The molecule has 110 valence electrons. The largest absolute Gasteiger partial charge is 0.341 e. The number of hydrogen-bond acceptors (Lipinski definition) is 3. The van der Waals surface area contributed by atoms with Crippen LogP contribution in [0.5, 0.6) is 0 Å². The molecule has 0 saturated carbocycles. The van der Waals surface area contributed by atoms with Crippen molar-refractivity contribution in [1.29, 1.82) is 0 Å². The summed E-state index contributed by atoms with van der Waals surface area (Å²) in [7, 11) is 0. The molecule has 1 saturated heterocycles. The molecule has 1 amide bonds. The molecule has 0 aromatic heterocycles. The molecule has 4 heteroatoms. The van der Waals surface area contributed by atoms with E-state index < -0.39 is 0 Å². The van der Waals surface area contributed by atoms with Crippen LogP contribution in [0.15, 0.2) is 23.1 Å². The summed E-state index contributed by atoms with van der Waals surface area (Å²) in [6.45, 7) is 8.64. The second kappa shape index (κ2) is 6.19. The van der Waals surface area contributed by atoms with Crippen LogP contribution < -0.4 is 5.73 Å². The predicted octanol–water partition coefficient (Wildman–Crippen LogP) is 2.59. The Morgan fingerprint density at radius 2 is 2.20 bits per heavy atom. The van der Waals surface area contributed by atoms with Gasteiger partial charge in [0.25, 0.3) is 0 Å². The minimum absolute atomic E-state index is 0.111. The molecular weight excluding hydrogens is 268 g/mol. The van der Waals surface area contributed by atoms with Crippen LogP contribution >= 0.6 is 11.8 Å². The van der Waals surface area contributed by atoms with Gasteiger partial charge in [-0.2, -0.15) is 0 Å². The molecule has 0 spiro atoms. The van der Waals surface area contributed by atoms with Gasteiger partial charge >= 0.3 is 0 Å². The normalized spacial score (nSPS) is 22.3. The van der Waals surface area contributed by atoms with Crippen molar-refractivity contribution in [2.45, 2.75) is 32.1 Å². The smallest absolute Gasteiger partial charge is 0.232 e. The van der Waals surface area contributed by atoms with E-state index in [1.165, 1.54) is 16.0 Å². The monoisotopic (exact) mass is 292 g/mol. The Hall–Kier alpha value is -1.00. The van der Waals surface area contributed by atoms with E-state index in [-0.39, 0.29) is 11.3 Å². The van der Waals surface area contributed by atoms with E-state index in [0.29, 0.717) is 12.3 Å². The molecule has 1 aliphatic rings. The molecule has 1 aromatic rings. The Morgan fingerprint density at radius 1 is 1.45 bits per heavy atom. The van der Waals surface area contributed by atoms with E-state index in [1.54, 1.807) is 11.8 Å². The lowest BCUT2D eigenvalue weighted by atomic mass is 9.90. The number of rotatable bonds is 4. The fraction of sp³-hybridized carbons (Fsp3) is 0.562. The highest BCUT2D eigenvalue weighted by atomic mass is 32.2. The van der Waals surface area contributed by atoms with E-state index in [9.17, 15) is 4.79 Å². The Morgan fingerprint density at radius 3 is 2.85 bits per heavy atom. The average molecular weight is 292 g/mol. The summed E-state index contributed by atoms with van der Waals surface area (Å²) >= 11 is 1.64. The third-order valence-corrected chi connectivity index (χ3v) is 5.24. The Bertz CT molecular complexity index is 503. The van der Waals surface area contributed by atoms with Gasteiger partial charge in [-0.15, -0.1) is 11.8 Å². The van der Waals surface area contributed by atoms with Crippen molar-refractivity contribution >= 4 is 17.7 Å². The summed E-state index contributed by atoms with van der Waals surface area (Å²) in [5.74, 6) is 0.748. The number of thioether (sulfide) groups is 1. The first kappa shape index (κ1) is 15.4. The summed E-state index contributed by atoms with van der Waals surface area (Å²) in [6.07, 6.45) is 1.02. The van der Waals surface area contributed by atoms with Gasteiger partial charge in [0.2, 0.25) is 5.91 Å². The second-order valence-electron chi connectivity index (χ2n) is 6.14. The van der Waals surface area contributed by atoms with Gasteiger partial charge in [0.15, 0.2) is 0 Å². The number of likely N-dealkylation sites (tertiary alicyclic amines) is 1. The number of benzene rings is 1. The predicted molar refractivity (Wildman–Crippen MR) is 85.0 cm³/mol. The van der Waals surface area contributed by atoms with Crippen molar-refractivity contribution in [2.24, 2.45) is 11.1 Å². The lowest BCUT2D eigenvalue weighted by Crippen LogP contribution is -2.35. The molecule has 2 rings (SSSR count). The Labute approximate surface area is 125 Å². The van der Waals surface area contributed by atoms with Gasteiger partial charge in [-0.05, 0) is 43.9 Å². The highest BCUT2D eigenvalue weighted by Gasteiger charge is 2.34. The van der Waals surface area contributed by atoms with E-state index in [1.807, 2.05) is 4.90 Å². The number of aryl methyl sites for hydroxylation is 2. The zero-order chi connectivity index (χ0) is 14.8. The fourth-order valence-corrected chi connectivity index (χ4v) is 3.52. The number of nitrogens with zero attached hydrogens (tertiary/aromatic N) is 1. The molecule has 1 atom stereocenters. The summed E-state index contributed by atoms with van der Waals surface area (Å²) < 4.78 is 0. The first-order valence-electron chi connectivity index (χ1n) is 7.11. The molecule has 0 radical (unpaired) electrons. The van der Waals surface area contributed by atoms with E-state index >= 15 is 0 Å². The second-order valence-corrected chi connectivity index (χ2v) is 7.15. The van der Waals surface area contributed by atoms with Crippen LogP contribution in [-0.4, -0.2) is 36.2 Å². The lowest BCUT2D eigenvalue weighted by molar-refractivity contribution is -0.127. The minimum Gasteiger partial charge on any atom is -0.341 e. The molecule has 1 unspecified atom stereocenters. The third-order valence-electron chi connectivity index (χ3n) is 4.10. The standard InChI is InChI=1S/C16H24N2OS/c1-12-4-5-13(2)14(8-12)20-9-15(19)18-7-6-16(3,10-17)11-18/h4-5,8H,6-7,9-11,17H2,1-3H3. The van der Waals surface area contributed by atoms with Gasteiger partial charge in [0.05, 0.1) is 5.75 Å². The van der Waals surface area contributed by atoms with Crippen LogP contribution in [-0.2, 0) is 4.79 Å². The molecule has 0 bridgehead atoms. The molecule has 1 heterocycles.